The summed E-state index contributed by atoms with van der Waals surface area (Å²) in [5, 5.41) is 3.39. The predicted octanol–water partition coefficient (Wildman–Crippen LogP) is 2.45. The summed E-state index contributed by atoms with van der Waals surface area (Å²) in [5.41, 5.74) is 7.54. The Balaban J connectivity index is 1.30. The molecule has 0 aromatic carbocycles. The van der Waals surface area contributed by atoms with Crippen molar-refractivity contribution in [2.24, 2.45) is 17.8 Å². The maximum Gasteiger partial charge on any atom is 0.251 e. The van der Waals surface area contributed by atoms with E-state index >= 15 is 0 Å². The normalized spacial score (nSPS) is 35.3. The summed E-state index contributed by atoms with van der Waals surface area (Å²) in [6.07, 6.45) is 4.76. The number of fused-ring (bicyclic) bond motifs is 3. The molecule has 6 atom stereocenters. The van der Waals surface area contributed by atoms with Crippen LogP contribution < -0.4 is 16.2 Å². The zero-order valence-corrected chi connectivity index (χ0v) is 19.3. The Morgan fingerprint density at radius 1 is 1.15 bits per heavy atom. The average Bonchev–Trinajstić information content (AvgIpc) is 3.25. The molecule has 1 aliphatic carbocycles. The van der Waals surface area contributed by atoms with Gasteiger partial charge in [0.05, 0.1) is 43.4 Å². The largest absolute Gasteiger partial charge is 0.363 e. The van der Waals surface area contributed by atoms with Crippen LogP contribution in [0.2, 0.25) is 0 Å². The number of nitrogens with one attached hydrogen (secondary N) is 3. The van der Waals surface area contributed by atoms with E-state index in [0.29, 0.717) is 36.0 Å². The minimum absolute atomic E-state index is 0.0782. The number of aromatic nitrogens is 2. The van der Waals surface area contributed by atoms with E-state index < -0.39 is 6.43 Å². The fourth-order valence-electron chi connectivity index (χ4n) is 6.73. The molecule has 1 aromatic rings. The smallest absolute Gasteiger partial charge is 0.251 e. The second-order valence-corrected chi connectivity index (χ2v) is 10.3. The van der Waals surface area contributed by atoms with Gasteiger partial charge in [-0.1, -0.05) is 0 Å². The van der Waals surface area contributed by atoms with Crippen molar-refractivity contribution >= 4 is 5.82 Å². The van der Waals surface area contributed by atoms with Crippen molar-refractivity contribution in [3.8, 4) is 0 Å². The lowest BCUT2D eigenvalue weighted by atomic mass is 9.62. The average molecular weight is 468 g/mol. The van der Waals surface area contributed by atoms with E-state index in [-0.39, 0.29) is 31.3 Å². The summed E-state index contributed by atoms with van der Waals surface area (Å²) in [4.78, 5) is 13.6. The van der Waals surface area contributed by atoms with Gasteiger partial charge in [-0.3, -0.25) is 30.0 Å². The molecule has 10 heteroatoms. The third-order valence-corrected chi connectivity index (χ3v) is 8.24. The van der Waals surface area contributed by atoms with Crippen molar-refractivity contribution in [2.45, 2.75) is 63.2 Å². The third kappa shape index (κ3) is 4.85. The van der Waals surface area contributed by atoms with Crippen LogP contribution in [-0.2, 0) is 0 Å². The number of alkyl halides is 3. The predicted molar refractivity (Wildman–Crippen MR) is 121 cm³/mol. The van der Waals surface area contributed by atoms with Crippen molar-refractivity contribution in [1.82, 2.24) is 30.6 Å². The first-order valence-corrected chi connectivity index (χ1v) is 12.4. The van der Waals surface area contributed by atoms with Crippen LogP contribution in [0.1, 0.15) is 44.3 Å². The lowest BCUT2D eigenvalue weighted by molar-refractivity contribution is -0.0625. The van der Waals surface area contributed by atoms with Crippen LogP contribution in [0, 0.1) is 17.8 Å². The molecule has 3 saturated heterocycles. The van der Waals surface area contributed by atoms with Crippen molar-refractivity contribution in [3.05, 3.63) is 18.1 Å². The van der Waals surface area contributed by atoms with Gasteiger partial charge in [0.2, 0.25) is 0 Å². The molecule has 4 unspecified atom stereocenters. The van der Waals surface area contributed by atoms with E-state index in [9.17, 15) is 13.2 Å². The molecule has 5 rings (SSSR count). The van der Waals surface area contributed by atoms with Gasteiger partial charge in [-0.05, 0) is 50.4 Å². The van der Waals surface area contributed by atoms with Crippen LogP contribution in [0.3, 0.4) is 0 Å². The van der Waals surface area contributed by atoms with Crippen LogP contribution >= 0.6 is 0 Å². The van der Waals surface area contributed by atoms with E-state index in [1.54, 1.807) is 12.4 Å². The minimum atomic E-state index is -2.37. The first kappa shape index (κ1) is 23.3. The fraction of sp³-hybridized carbons (Fsp3) is 0.826. The summed E-state index contributed by atoms with van der Waals surface area (Å²) in [5.74, 6) is 2.05. The Bertz CT molecular complexity index is 776. The van der Waals surface area contributed by atoms with E-state index in [4.69, 9.17) is 4.98 Å². The standard InChI is InChI=1S/C23H36F3N7/c1-14-7-17-16(3-4-19-18(17)8-29-31-19)23(33(14)13-21(25)26)20-9-28-22(10-27-20)30-15-11-32(12-15)6-2-5-24/h9-10,14-19,21,23,29,31H,2-8,11-13H2,1H3,(H,28,30)/t14-,16?,17?,18?,19?,23+/m1/s1. The number of halogens is 3. The number of hydrazine groups is 1. The number of nitrogens with zero attached hydrogens (tertiary/aromatic N) is 4. The molecule has 3 aliphatic heterocycles. The molecule has 7 nitrogen and oxygen atoms in total. The van der Waals surface area contributed by atoms with Crippen LogP contribution in [0.15, 0.2) is 12.4 Å². The number of hydrogen-bond donors (Lipinski definition) is 3. The summed E-state index contributed by atoms with van der Waals surface area (Å²) in [6, 6.07) is 0.715. The van der Waals surface area contributed by atoms with Gasteiger partial charge in [-0.25, -0.2) is 13.8 Å². The highest BCUT2D eigenvalue weighted by Crippen LogP contribution is 2.51. The van der Waals surface area contributed by atoms with Crippen LogP contribution in [-0.4, -0.2) is 83.7 Å². The number of anilines is 1. The van der Waals surface area contributed by atoms with E-state index in [2.05, 4.69) is 33.0 Å². The quantitative estimate of drug-likeness (QED) is 0.543. The molecule has 1 saturated carbocycles. The van der Waals surface area contributed by atoms with Crippen molar-refractivity contribution in [1.29, 1.82) is 0 Å². The zero-order chi connectivity index (χ0) is 22.9. The van der Waals surface area contributed by atoms with Crippen LogP contribution in [0.25, 0.3) is 0 Å². The van der Waals surface area contributed by atoms with Gasteiger partial charge in [0, 0.05) is 38.3 Å². The molecule has 184 valence electrons. The lowest BCUT2D eigenvalue weighted by Crippen LogP contribution is -2.55. The zero-order valence-electron chi connectivity index (χ0n) is 19.3. The highest BCUT2D eigenvalue weighted by atomic mass is 19.3. The summed E-state index contributed by atoms with van der Waals surface area (Å²) >= 11 is 0. The van der Waals surface area contributed by atoms with E-state index in [0.717, 1.165) is 51.1 Å². The highest BCUT2D eigenvalue weighted by molar-refractivity contribution is 5.34. The second-order valence-electron chi connectivity index (χ2n) is 10.3. The molecule has 4 fully saturated rings. The third-order valence-electron chi connectivity index (χ3n) is 8.24. The SMILES string of the molecule is C[C@@H]1CC2C3CNNC3CCC2[C@@H](c2cnc(NC3CN(CCCF)C3)cn2)N1CC(F)F. The summed E-state index contributed by atoms with van der Waals surface area (Å²) in [7, 11) is 0. The van der Waals surface area contributed by atoms with Crippen molar-refractivity contribution < 1.29 is 13.2 Å². The van der Waals surface area contributed by atoms with E-state index in [1.165, 1.54) is 0 Å². The van der Waals surface area contributed by atoms with Crippen LogP contribution in [0.5, 0.6) is 0 Å². The molecular formula is C23H36F3N7. The van der Waals surface area contributed by atoms with Gasteiger partial charge in [-0.15, -0.1) is 0 Å². The topological polar surface area (TPSA) is 68.4 Å². The van der Waals surface area contributed by atoms with Gasteiger partial charge < -0.3 is 5.32 Å². The van der Waals surface area contributed by atoms with Gasteiger partial charge in [0.1, 0.15) is 5.82 Å². The Morgan fingerprint density at radius 3 is 2.73 bits per heavy atom. The molecule has 3 N–H and O–H groups in total. The molecule has 33 heavy (non-hydrogen) atoms. The molecular weight excluding hydrogens is 431 g/mol. The first-order chi connectivity index (χ1) is 16.0. The molecule has 0 bridgehead atoms. The number of piperidine rings is 1. The Morgan fingerprint density at radius 2 is 2.00 bits per heavy atom. The van der Waals surface area contributed by atoms with E-state index in [1.807, 2.05) is 4.90 Å². The highest BCUT2D eigenvalue weighted by Gasteiger charge is 2.51. The Hall–Kier alpha value is -1.49. The number of likely N-dealkylation sites (tertiary alicyclic amines) is 2. The minimum Gasteiger partial charge on any atom is -0.363 e. The van der Waals surface area contributed by atoms with Gasteiger partial charge >= 0.3 is 0 Å². The second kappa shape index (κ2) is 10.0. The molecule has 1 aromatic heterocycles. The molecule has 0 spiro atoms. The van der Waals surface area contributed by atoms with Gasteiger partial charge in [-0.2, -0.15) is 0 Å². The summed E-state index contributed by atoms with van der Waals surface area (Å²) < 4.78 is 39.4. The Kier molecular flexibility index (Phi) is 7.06. The number of rotatable bonds is 8. The first-order valence-electron chi connectivity index (χ1n) is 12.4. The molecule has 0 radical (unpaired) electrons. The van der Waals surface area contributed by atoms with Crippen molar-refractivity contribution in [2.75, 3.05) is 44.7 Å². The lowest BCUT2D eigenvalue weighted by Gasteiger charge is -2.53. The molecule has 4 heterocycles. The molecule has 0 amide bonds. The van der Waals surface area contributed by atoms with Crippen LogP contribution in [0.4, 0.5) is 19.0 Å². The molecule has 4 aliphatic rings. The van der Waals surface area contributed by atoms with Gasteiger partial charge in [0.25, 0.3) is 6.43 Å². The summed E-state index contributed by atoms with van der Waals surface area (Å²) in [6.45, 7) is 5.06. The maximum absolute atomic E-state index is 13.6. The fourth-order valence-corrected chi connectivity index (χ4v) is 6.73. The Labute approximate surface area is 193 Å². The van der Waals surface area contributed by atoms with Gasteiger partial charge in [0.15, 0.2) is 0 Å². The number of hydrogen-bond acceptors (Lipinski definition) is 7. The maximum atomic E-state index is 13.6. The monoisotopic (exact) mass is 467 g/mol. The van der Waals surface area contributed by atoms with Crippen molar-refractivity contribution in [3.63, 3.8) is 0 Å².